The first kappa shape index (κ1) is 24.0. The molecule has 0 spiro atoms. The molecule has 1 amide bonds. The van der Waals surface area contributed by atoms with Crippen molar-refractivity contribution in [2.45, 2.75) is 18.2 Å². The lowest BCUT2D eigenvalue weighted by atomic mass is 10.0. The summed E-state index contributed by atoms with van der Waals surface area (Å²) < 4.78 is 42.5. The Morgan fingerprint density at radius 3 is 2.22 bits per heavy atom. The summed E-state index contributed by atoms with van der Waals surface area (Å²) in [5.74, 6) is -0.495. The van der Waals surface area contributed by atoms with Crippen LogP contribution in [0.3, 0.4) is 0 Å². The highest BCUT2D eigenvalue weighted by Gasteiger charge is 2.17. The van der Waals surface area contributed by atoms with Gasteiger partial charge in [0, 0.05) is 22.9 Å². The number of sulfone groups is 1. The van der Waals surface area contributed by atoms with Gasteiger partial charge in [-0.1, -0.05) is 42.3 Å². The third-order valence-electron chi connectivity index (χ3n) is 4.79. The Morgan fingerprint density at radius 2 is 1.66 bits per heavy atom. The van der Waals surface area contributed by atoms with E-state index in [1.165, 1.54) is 37.4 Å². The van der Waals surface area contributed by atoms with E-state index in [0.717, 1.165) is 0 Å². The zero-order valence-corrected chi connectivity index (χ0v) is 19.6. The molecule has 0 fully saturated rings. The Balaban J connectivity index is 1.78. The zero-order valence-electron chi connectivity index (χ0n) is 17.3. The molecule has 5 nitrogen and oxygen atoms in total. The van der Waals surface area contributed by atoms with Gasteiger partial charge in [-0.2, -0.15) is 0 Å². The van der Waals surface area contributed by atoms with E-state index >= 15 is 0 Å². The van der Waals surface area contributed by atoms with Gasteiger partial charge >= 0.3 is 0 Å². The highest BCUT2D eigenvalue weighted by molar-refractivity contribution is 7.91. The first-order chi connectivity index (χ1) is 15.1. The molecule has 0 aromatic heterocycles. The molecule has 3 aromatic rings. The van der Waals surface area contributed by atoms with Gasteiger partial charge in [-0.15, -0.1) is 0 Å². The molecule has 0 radical (unpaired) electrons. The van der Waals surface area contributed by atoms with Gasteiger partial charge in [-0.3, -0.25) is 4.79 Å². The lowest BCUT2D eigenvalue weighted by Gasteiger charge is -2.14. The lowest BCUT2D eigenvalue weighted by Crippen LogP contribution is -2.14. The first-order valence-electron chi connectivity index (χ1n) is 9.59. The fourth-order valence-electron chi connectivity index (χ4n) is 3.15. The van der Waals surface area contributed by atoms with Crippen LogP contribution in [0.2, 0.25) is 10.0 Å². The molecule has 1 N–H and O–H groups in total. The Labute approximate surface area is 196 Å². The zero-order chi connectivity index (χ0) is 23.5. The number of nitrogens with one attached hydrogen (secondary N) is 1. The topological polar surface area (TPSA) is 72.5 Å². The van der Waals surface area contributed by atoms with Crippen molar-refractivity contribution in [3.05, 3.63) is 76.0 Å². The van der Waals surface area contributed by atoms with Gasteiger partial charge in [0.1, 0.15) is 11.6 Å². The quantitative estimate of drug-likeness (QED) is 0.450. The molecule has 0 bridgehead atoms. The molecule has 32 heavy (non-hydrogen) atoms. The van der Waals surface area contributed by atoms with Crippen LogP contribution in [0, 0.1) is 5.82 Å². The number of amides is 1. The second-order valence-corrected chi connectivity index (χ2v) is 10.0. The predicted molar refractivity (Wildman–Crippen MR) is 125 cm³/mol. The highest BCUT2D eigenvalue weighted by Crippen LogP contribution is 2.41. The number of benzene rings is 3. The Kier molecular flexibility index (Phi) is 7.44. The van der Waals surface area contributed by atoms with Crippen LogP contribution >= 0.6 is 23.2 Å². The standard InChI is InChI=1S/C23H20Cl2FNO4S/c1-3-32(29,30)17-7-4-14(5-8-17)10-22(28)27-16-12-19(24)23(20(25)13-16)18-9-6-15(26)11-21(18)31-2/h4-9,11-13H,3,10H2,1-2H3,(H,27,28). The molecule has 0 heterocycles. The summed E-state index contributed by atoms with van der Waals surface area (Å²) in [5.41, 5.74) is 2.02. The van der Waals surface area contributed by atoms with Crippen molar-refractivity contribution in [1.82, 2.24) is 0 Å². The van der Waals surface area contributed by atoms with Gasteiger partial charge in [-0.05, 0) is 42.0 Å². The minimum absolute atomic E-state index is 0.00808. The molecule has 0 saturated carbocycles. The minimum Gasteiger partial charge on any atom is -0.496 e. The van der Waals surface area contributed by atoms with Crippen LogP contribution in [-0.4, -0.2) is 27.2 Å². The summed E-state index contributed by atoms with van der Waals surface area (Å²) >= 11 is 12.8. The van der Waals surface area contributed by atoms with E-state index < -0.39 is 15.7 Å². The fraction of sp³-hybridized carbons (Fsp3) is 0.174. The average Bonchev–Trinajstić information content (AvgIpc) is 2.74. The highest BCUT2D eigenvalue weighted by atomic mass is 35.5. The molecule has 0 aliphatic carbocycles. The molecule has 3 rings (SSSR count). The van der Waals surface area contributed by atoms with Crippen LogP contribution in [0.15, 0.2) is 59.5 Å². The van der Waals surface area contributed by atoms with Gasteiger partial charge in [0.05, 0.1) is 34.2 Å². The van der Waals surface area contributed by atoms with Crippen molar-refractivity contribution in [3.63, 3.8) is 0 Å². The van der Waals surface area contributed by atoms with Crippen LogP contribution in [0.4, 0.5) is 10.1 Å². The average molecular weight is 496 g/mol. The van der Waals surface area contributed by atoms with E-state index in [2.05, 4.69) is 5.32 Å². The molecule has 0 atom stereocenters. The Morgan fingerprint density at radius 1 is 1.03 bits per heavy atom. The number of carbonyl (C=O) groups is 1. The van der Waals surface area contributed by atoms with Gasteiger partial charge in [0.2, 0.25) is 5.91 Å². The van der Waals surface area contributed by atoms with Gasteiger partial charge in [-0.25, -0.2) is 12.8 Å². The van der Waals surface area contributed by atoms with E-state index in [9.17, 15) is 17.6 Å². The number of ether oxygens (including phenoxy) is 1. The number of halogens is 3. The molecular weight excluding hydrogens is 476 g/mol. The van der Waals surface area contributed by atoms with Crippen LogP contribution in [0.1, 0.15) is 12.5 Å². The summed E-state index contributed by atoms with van der Waals surface area (Å²) in [6.07, 6.45) is 0.0369. The van der Waals surface area contributed by atoms with Gasteiger partial charge in [0.15, 0.2) is 9.84 Å². The second-order valence-electron chi connectivity index (χ2n) is 6.93. The van der Waals surface area contributed by atoms with Crippen LogP contribution in [0.25, 0.3) is 11.1 Å². The van der Waals surface area contributed by atoms with Crippen molar-refractivity contribution in [3.8, 4) is 16.9 Å². The fourth-order valence-corrected chi connectivity index (χ4v) is 4.72. The van der Waals surface area contributed by atoms with Crippen molar-refractivity contribution >= 4 is 44.6 Å². The summed E-state index contributed by atoms with van der Waals surface area (Å²) in [4.78, 5) is 12.7. The first-order valence-corrected chi connectivity index (χ1v) is 12.0. The van der Waals surface area contributed by atoms with E-state index in [0.29, 0.717) is 22.4 Å². The molecule has 0 aliphatic heterocycles. The summed E-state index contributed by atoms with van der Waals surface area (Å²) in [6.45, 7) is 1.57. The second kappa shape index (κ2) is 9.90. The number of rotatable bonds is 7. The Hall–Kier alpha value is -2.61. The molecule has 0 saturated heterocycles. The van der Waals surface area contributed by atoms with Crippen LogP contribution in [-0.2, 0) is 21.1 Å². The van der Waals surface area contributed by atoms with E-state index in [1.54, 1.807) is 31.2 Å². The number of carbonyl (C=O) groups excluding carboxylic acids is 1. The van der Waals surface area contributed by atoms with Crippen LogP contribution < -0.4 is 10.1 Å². The largest absolute Gasteiger partial charge is 0.496 e. The van der Waals surface area contributed by atoms with E-state index in [-0.39, 0.29) is 38.8 Å². The summed E-state index contributed by atoms with van der Waals surface area (Å²) in [7, 11) is -1.88. The van der Waals surface area contributed by atoms with Gasteiger partial charge in [0.25, 0.3) is 0 Å². The maximum Gasteiger partial charge on any atom is 0.228 e. The molecule has 0 unspecified atom stereocenters. The number of hydrogen-bond acceptors (Lipinski definition) is 4. The predicted octanol–water partition coefficient (Wildman–Crippen LogP) is 5.78. The molecule has 9 heteroatoms. The third kappa shape index (κ3) is 5.41. The number of hydrogen-bond donors (Lipinski definition) is 1. The molecular formula is C23H20Cl2FNO4S. The number of methoxy groups -OCH3 is 1. The maximum atomic E-state index is 13.5. The maximum absolute atomic E-state index is 13.5. The SMILES string of the molecule is CCS(=O)(=O)c1ccc(CC(=O)Nc2cc(Cl)c(-c3ccc(F)cc3OC)c(Cl)c2)cc1. The minimum atomic E-state index is -3.30. The van der Waals surface area contributed by atoms with Crippen molar-refractivity contribution < 1.29 is 22.3 Å². The smallest absolute Gasteiger partial charge is 0.228 e. The summed E-state index contributed by atoms with van der Waals surface area (Å²) in [6, 6.07) is 13.3. The van der Waals surface area contributed by atoms with Gasteiger partial charge < -0.3 is 10.1 Å². The molecule has 0 aliphatic rings. The molecule has 3 aromatic carbocycles. The van der Waals surface area contributed by atoms with Crippen molar-refractivity contribution in [2.75, 3.05) is 18.2 Å². The number of anilines is 1. The van der Waals surface area contributed by atoms with E-state index in [1.807, 2.05) is 0 Å². The third-order valence-corrected chi connectivity index (χ3v) is 7.13. The van der Waals surface area contributed by atoms with Crippen molar-refractivity contribution in [1.29, 1.82) is 0 Å². The van der Waals surface area contributed by atoms with E-state index in [4.69, 9.17) is 27.9 Å². The monoisotopic (exact) mass is 495 g/mol. The molecule has 168 valence electrons. The lowest BCUT2D eigenvalue weighted by molar-refractivity contribution is -0.115. The summed E-state index contributed by atoms with van der Waals surface area (Å²) in [5, 5.41) is 3.24. The normalized spacial score (nSPS) is 11.3. The Bertz CT molecular complexity index is 1240. The van der Waals surface area contributed by atoms with Crippen molar-refractivity contribution in [2.24, 2.45) is 0 Å². The van der Waals surface area contributed by atoms with Crippen LogP contribution in [0.5, 0.6) is 5.75 Å².